The molecule has 1 aromatic rings. The van der Waals surface area contributed by atoms with Crippen LogP contribution >= 0.6 is 0 Å². The SMILES string of the molecule is CCNC(=O)c1cc(S(N)(=O)=O)c(C)o1. The second-order valence-corrected chi connectivity index (χ2v) is 4.47. The van der Waals surface area contributed by atoms with E-state index in [1.54, 1.807) is 6.92 Å². The van der Waals surface area contributed by atoms with Gasteiger partial charge in [-0.15, -0.1) is 0 Å². The molecule has 15 heavy (non-hydrogen) atoms. The molecule has 0 atom stereocenters. The van der Waals surface area contributed by atoms with E-state index in [2.05, 4.69) is 5.32 Å². The summed E-state index contributed by atoms with van der Waals surface area (Å²) in [5.74, 6) is -0.410. The van der Waals surface area contributed by atoms with Crippen molar-refractivity contribution in [2.45, 2.75) is 18.7 Å². The van der Waals surface area contributed by atoms with Gasteiger partial charge in [0, 0.05) is 12.6 Å². The first-order chi connectivity index (χ1) is 6.86. The van der Waals surface area contributed by atoms with Crippen LogP contribution in [-0.2, 0) is 10.0 Å². The molecule has 1 heterocycles. The number of furan rings is 1. The summed E-state index contributed by atoms with van der Waals surface area (Å²) in [6.45, 7) is 3.61. The van der Waals surface area contributed by atoms with Gasteiger partial charge in [0.2, 0.25) is 10.0 Å². The van der Waals surface area contributed by atoms with Crippen LogP contribution < -0.4 is 10.5 Å². The van der Waals surface area contributed by atoms with Crippen molar-refractivity contribution < 1.29 is 17.6 Å². The number of primary sulfonamides is 1. The molecule has 3 N–H and O–H groups in total. The molecule has 7 heteroatoms. The van der Waals surface area contributed by atoms with Crippen LogP contribution in [0.5, 0.6) is 0 Å². The van der Waals surface area contributed by atoms with E-state index in [1.807, 2.05) is 0 Å². The monoisotopic (exact) mass is 232 g/mol. The number of carbonyl (C=O) groups is 1. The lowest BCUT2D eigenvalue weighted by Gasteiger charge is -1.95. The van der Waals surface area contributed by atoms with Gasteiger partial charge in [0.1, 0.15) is 10.7 Å². The van der Waals surface area contributed by atoms with Crippen molar-refractivity contribution in [1.29, 1.82) is 0 Å². The first-order valence-electron chi connectivity index (χ1n) is 4.27. The minimum absolute atomic E-state index is 0.0571. The van der Waals surface area contributed by atoms with Crippen LogP contribution in [-0.4, -0.2) is 20.9 Å². The molecular weight excluding hydrogens is 220 g/mol. The summed E-state index contributed by atoms with van der Waals surface area (Å²) < 4.78 is 27.1. The lowest BCUT2D eigenvalue weighted by Crippen LogP contribution is -2.22. The van der Waals surface area contributed by atoms with Crippen LogP contribution in [0, 0.1) is 6.92 Å². The highest BCUT2D eigenvalue weighted by molar-refractivity contribution is 7.89. The molecule has 6 nitrogen and oxygen atoms in total. The van der Waals surface area contributed by atoms with Gasteiger partial charge in [0.15, 0.2) is 5.76 Å². The van der Waals surface area contributed by atoms with Crippen LogP contribution in [0.25, 0.3) is 0 Å². The first kappa shape index (κ1) is 11.7. The Hall–Kier alpha value is -1.34. The van der Waals surface area contributed by atoms with Crippen LogP contribution in [0.4, 0.5) is 0 Å². The van der Waals surface area contributed by atoms with E-state index in [-0.39, 0.29) is 16.4 Å². The van der Waals surface area contributed by atoms with E-state index >= 15 is 0 Å². The third-order valence-electron chi connectivity index (χ3n) is 1.74. The predicted molar refractivity (Wildman–Crippen MR) is 52.8 cm³/mol. The zero-order valence-corrected chi connectivity index (χ0v) is 9.22. The second kappa shape index (κ2) is 4.03. The lowest BCUT2D eigenvalue weighted by molar-refractivity contribution is 0.0927. The average Bonchev–Trinajstić information content (AvgIpc) is 2.47. The van der Waals surface area contributed by atoms with Crippen molar-refractivity contribution in [3.63, 3.8) is 0 Å². The van der Waals surface area contributed by atoms with E-state index in [0.717, 1.165) is 6.07 Å². The largest absolute Gasteiger partial charge is 0.455 e. The van der Waals surface area contributed by atoms with Crippen LogP contribution in [0.2, 0.25) is 0 Å². The van der Waals surface area contributed by atoms with Crippen LogP contribution in [0.3, 0.4) is 0 Å². The van der Waals surface area contributed by atoms with E-state index in [4.69, 9.17) is 9.56 Å². The highest BCUT2D eigenvalue weighted by atomic mass is 32.2. The van der Waals surface area contributed by atoms with Gasteiger partial charge in [-0.25, -0.2) is 13.6 Å². The lowest BCUT2D eigenvalue weighted by atomic mass is 10.4. The number of aryl methyl sites for hydroxylation is 1. The molecule has 0 aliphatic rings. The maximum absolute atomic E-state index is 11.3. The molecule has 1 rings (SSSR count). The zero-order valence-electron chi connectivity index (χ0n) is 8.40. The van der Waals surface area contributed by atoms with Crippen molar-refractivity contribution in [3.8, 4) is 0 Å². The standard InChI is InChI=1S/C8H12N2O4S/c1-3-10-8(11)6-4-7(5(2)14-6)15(9,12)13/h4H,3H2,1-2H3,(H,10,11)(H2,9,12,13). The predicted octanol–water partition coefficient (Wildman–Crippen LogP) is -0.0149. The van der Waals surface area contributed by atoms with Gasteiger partial charge in [-0.1, -0.05) is 0 Å². The maximum Gasteiger partial charge on any atom is 0.287 e. The Bertz CT molecular complexity index is 475. The fourth-order valence-corrected chi connectivity index (χ4v) is 1.82. The fraction of sp³-hybridized carbons (Fsp3) is 0.375. The number of hydrogen-bond acceptors (Lipinski definition) is 4. The van der Waals surface area contributed by atoms with Gasteiger partial charge in [0.25, 0.3) is 5.91 Å². The van der Waals surface area contributed by atoms with Gasteiger partial charge in [-0.3, -0.25) is 4.79 Å². The summed E-state index contributed by atoms with van der Waals surface area (Å²) in [6.07, 6.45) is 0. The minimum Gasteiger partial charge on any atom is -0.455 e. The number of rotatable bonds is 3. The van der Waals surface area contributed by atoms with E-state index in [0.29, 0.717) is 6.54 Å². The number of amides is 1. The minimum atomic E-state index is -3.83. The highest BCUT2D eigenvalue weighted by Gasteiger charge is 2.20. The Morgan fingerprint density at radius 3 is 2.60 bits per heavy atom. The summed E-state index contributed by atoms with van der Waals surface area (Å²) in [4.78, 5) is 11.1. The van der Waals surface area contributed by atoms with Gasteiger partial charge < -0.3 is 9.73 Å². The van der Waals surface area contributed by atoms with Crippen molar-refractivity contribution in [2.75, 3.05) is 6.54 Å². The molecule has 0 unspecified atom stereocenters. The summed E-state index contributed by atoms with van der Waals surface area (Å²) in [5, 5.41) is 7.41. The molecule has 0 bridgehead atoms. The second-order valence-electron chi connectivity index (χ2n) is 2.94. The number of hydrogen-bond donors (Lipinski definition) is 2. The number of nitrogens with two attached hydrogens (primary N) is 1. The van der Waals surface area contributed by atoms with E-state index in [1.165, 1.54) is 6.92 Å². The fourth-order valence-electron chi connectivity index (χ4n) is 1.11. The Balaban J connectivity index is 3.12. The first-order valence-corrected chi connectivity index (χ1v) is 5.82. The zero-order chi connectivity index (χ0) is 11.6. The van der Waals surface area contributed by atoms with Crippen molar-refractivity contribution >= 4 is 15.9 Å². The molecule has 1 amide bonds. The van der Waals surface area contributed by atoms with Gasteiger partial charge >= 0.3 is 0 Å². The van der Waals surface area contributed by atoms with Crippen LogP contribution in [0.15, 0.2) is 15.4 Å². The number of carbonyl (C=O) groups excluding carboxylic acids is 1. The van der Waals surface area contributed by atoms with Crippen molar-refractivity contribution in [2.24, 2.45) is 5.14 Å². The van der Waals surface area contributed by atoms with Gasteiger partial charge in [0.05, 0.1) is 0 Å². The molecule has 0 saturated heterocycles. The third-order valence-corrected chi connectivity index (χ3v) is 2.76. The van der Waals surface area contributed by atoms with Crippen LogP contribution in [0.1, 0.15) is 23.2 Å². The molecule has 0 spiro atoms. The molecule has 0 aliphatic carbocycles. The molecule has 1 aromatic heterocycles. The Labute approximate surface area is 87.5 Å². The maximum atomic E-state index is 11.3. The quantitative estimate of drug-likeness (QED) is 0.764. The molecule has 84 valence electrons. The smallest absolute Gasteiger partial charge is 0.287 e. The summed E-state index contributed by atoms with van der Waals surface area (Å²) >= 11 is 0. The Kier molecular flexibility index (Phi) is 3.15. The average molecular weight is 232 g/mol. The number of sulfonamides is 1. The summed E-state index contributed by atoms with van der Waals surface area (Å²) in [6, 6.07) is 1.12. The molecule has 0 saturated carbocycles. The van der Waals surface area contributed by atoms with Gasteiger partial charge in [-0.2, -0.15) is 0 Å². The molecular formula is C8H12N2O4S. The topological polar surface area (TPSA) is 102 Å². The van der Waals surface area contributed by atoms with E-state index in [9.17, 15) is 13.2 Å². The molecule has 0 radical (unpaired) electrons. The van der Waals surface area contributed by atoms with E-state index < -0.39 is 15.9 Å². The highest BCUT2D eigenvalue weighted by Crippen LogP contribution is 2.18. The molecule has 0 fully saturated rings. The Morgan fingerprint density at radius 1 is 1.60 bits per heavy atom. The molecule has 0 aromatic carbocycles. The summed E-state index contributed by atoms with van der Waals surface area (Å²) in [5.41, 5.74) is 0. The molecule has 0 aliphatic heterocycles. The van der Waals surface area contributed by atoms with Crippen molar-refractivity contribution in [1.82, 2.24) is 5.32 Å². The van der Waals surface area contributed by atoms with Crippen molar-refractivity contribution in [3.05, 3.63) is 17.6 Å². The van der Waals surface area contributed by atoms with Gasteiger partial charge in [-0.05, 0) is 13.8 Å². The third kappa shape index (κ3) is 2.57. The number of nitrogens with one attached hydrogen (secondary N) is 1. The normalized spacial score (nSPS) is 11.4. The summed E-state index contributed by atoms with van der Waals surface area (Å²) in [7, 11) is -3.83. The Morgan fingerprint density at radius 2 is 2.20 bits per heavy atom.